The standard InChI is InChI=1S/C24H36N4O6/c1-24(2,10-18(25)20(30)14-27-13-17(29)9-21(27)31)11-22(32)28-12-16(26-23(33)34-3)8-15-6-4-5-7-19(15)28/h4-7,16-18,20,29-30H,8-14,25H2,1-3H3,(H,26,33)/t16?,17-,18+,20+/m1/s1. The van der Waals surface area contributed by atoms with E-state index in [4.69, 9.17) is 10.5 Å². The van der Waals surface area contributed by atoms with E-state index in [1.807, 2.05) is 38.1 Å². The molecule has 0 bridgehead atoms. The number of aliphatic hydroxyl groups is 2. The molecular weight excluding hydrogens is 440 g/mol. The number of hydrogen-bond donors (Lipinski definition) is 4. The molecular formula is C24H36N4O6. The van der Waals surface area contributed by atoms with Crippen molar-refractivity contribution in [3.63, 3.8) is 0 Å². The number of ether oxygens (including phenoxy) is 1. The normalized spacial score (nSPS) is 22.2. The zero-order valence-electron chi connectivity index (χ0n) is 20.1. The van der Waals surface area contributed by atoms with E-state index in [2.05, 4.69) is 5.32 Å². The summed E-state index contributed by atoms with van der Waals surface area (Å²) in [6.45, 7) is 4.42. The molecule has 0 saturated carbocycles. The van der Waals surface area contributed by atoms with Crippen LogP contribution in [0.2, 0.25) is 0 Å². The molecule has 3 rings (SSSR count). The number of nitrogens with two attached hydrogens (primary N) is 1. The number of methoxy groups -OCH3 is 1. The zero-order chi connectivity index (χ0) is 25.0. The lowest BCUT2D eigenvalue weighted by atomic mass is 9.80. The van der Waals surface area contributed by atoms with Gasteiger partial charge in [0, 0.05) is 37.8 Å². The van der Waals surface area contributed by atoms with Gasteiger partial charge in [-0.3, -0.25) is 9.59 Å². The number of likely N-dealkylation sites (tertiary alicyclic amines) is 1. The predicted octanol–water partition coefficient (Wildman–Crippen LogP) is 0.388. The van der Waals surface area contributed by atoms with E-state index < -0.39 is 29.8 Å². The first kappa shape index (κ1) is 25.9. The maximum absolute atomic E-state index is 13.4. The summed E-state index contributed by atoms with van der Waals surface area (Å²) >= 11 is 0. The molecule has 2 aliphatic rings. The number of aliphatic hydroxyl groups excluding tert-OH is 2. The third-order valence-electron chi connectivity index (χ3n) is 6.47. The smallest absolute Gasteiger partial charge is 0.407 e. The number of nitrogens with zero attached hydrogens (tertiary/aromatic N) is 2. The van der Waals surface area contributed by atoms with Gasteiger partial charge >= 0.3 is 6.09 Å². The fourth-order valence-corrected chi connectivity index (χ4v) is 4.79. The Bertz CT molecular complexity index is 907. The monoisotopic (exact) mass is 476 g/mol. The van der Waals surface area contributed by atoms with E-state index in [0.717, 1.165) is 11.3 Å². The van der Waals surface area contributed by atoms with Crippen LogP contribution < -0.4 is 16.0 Å². The minimum Gasteiger partial charge on any atom is -0.453 e. The molecule has 188 valence electrons. The zero-order valence-corrected chi connectivity index (χ0v) is 20.1. The molecule has 1 fully saturated rings. The van der Waals surface area contributed by atoms with Crippen molar-refractivity contribution >= 4 is 23.6 Å². The number of alkyl carbamates (subject to hydrolysis) is 1. The summed E-state index contributed by atoms with van der Waals surface area (Å²) in [5.41, 5.74) is 7.51. The molecule has 3 amide bonds. The van der Waals surface area contributed by atoms with Gasteiger partial charge in [-0.1, -0.05) is 32.0 Å². The lowest BCUT2D eigenvalue weighted by molar-refractivity contribution is -0.129. The quantitative estimate of drug-likeness (QED) is 0.425. The van der Waals surface area contributed by atoms with Gasteiger partial charge in [0.2, 0.25) is 11.8 Å². The number of fused-ring (bicyclic) bond motifs is 1. The van der Waals surface area contributed by atoms with Gasteiger partial charge in [0.15, 0.2) is 0 Å². The Labute approximate surface area is 200 Å². The van der Waals surface area contributed by atoms with Crippen LogP contribution in [0, 0.1) is 5.41 Å². The van der Waals surface area contributed by atoms with Crippen LogP contribution in [-0.2, 0) is 20.7 Å². The van der Waals surface area contributed by atoms with Gasteiger partial charge in [-0.25, -0.2) is 4.79 Å². The molecule has 10 heteroatoms. The Kier molecular flexibility index (Phi) is 8.17. The first-order valence-electron chi connectivity index (χ1n) is 11.6. The third-order valence-corrected chi connectivity index (χ3v) is 6.47. The second kappa shape index (κ2) is 10.7. The van der Waals surface area contributed by atoms with Crippen LogP contribution in [0.5, 0.6) is 0 Å². The van der Waals surface area contributed by atoms with Crippen LogP contribution in [-0.4, -0.2) is 84.1 Å². The lowest BCUT2D eigenvalue weighted by Gasteiger charge is -2.37. The van der Waals surface area contributed by atoms with Crippen molar-refractivity contribution in [2.45, 2.75) is 63.8 Å². The summed E-state index contributed by atoms with van der Waals surface area (Å²) in [5.74, 6) is -0.305. The minimum atomic E-state index is -0.965. The van der Waals surface area contributed by atoms with Gasteiger partial charge in [-0.15, -0.1) is 0 Å². The molecule has 0 aliphatic carbocycles. The van der Waals surface area contributed by atoms with E-state index in [1.54, 1.807) is 4.90 Å². The predicted molar refractivity (Wildman–Crippen MR) is 126 cm³/mol. The molecule has 0 radical (unpaired) electrons. The number of para-hydroxylation sites is 1. The van der Waals surface area contributed by atoms with Gasteiger partial charge in [-0.05, 0) is 29.9 Å². The first-order chi connectivity index (χ1) is 16.0. The van der Waals surface area contributed by atoms with Crippen molar-refractivity contribution in [3.8, 4) is 0 Å². The van der Waals surface area contributed by atoms with Crippen LogP contribution in [0.1, 0.15) is 38.7 Å². The third kappa shape index (κ3) is 6.46. The number of β-amino-alcohol motifs (C(OH)–C–C–N with tert-alkyl or cyclic N) is 2. The second-order valence-electron chi connectivity index (χ2n) is 10.1. The molecule has 2 aliphatic heterocycles. The van der Waals surface area contributed by atoms with E-state index >= 15 is 0 Å². The van der Waals surface area contributed by atoms with Gasteiger partial charge in [0.25, 0.3) is 0 Å². The highest BCUT2D eigenvalue weighted by Gasteiger charge is 2.35. The number of anilines is 1. The molecule has 10 nitrogen and oxygen atoms in total. The van der Waals surface area contributed by atoms with Crippen molar-refractivity contribution < 1.29 is 29.3 Å². The molecule has 1 unspecified atom stereocenters. The maximum Gasteiger partial charge on any atom is 0.407 e. The highest BCUT2D eigenvalue weighted by molar-refractivity contribution is 5.95. The average Bonchev–Trinajstić information content (AvgIpc) is 3.08. The summed E-state index contributed by atoms with van der Waals surface area (Å²) in [6, 6.07) is 6.69. The molecule has 2 heterocycles. The Balaban J connectivity index is 1.63. The van der Waals surface area contributed by atoms with Crippen LogP contribution in [0.15, 0.2) is 24.3 Å². The van der Waals surface area contributed by atoms with Gasteiger partial charge < -0.3 is 35.8 Å². The fourth-order valence-electron chi connectivity index (χ4n) is 4.79. The van der Waals surface area contributed by atoms with Crippen LogP contribution >= 0.6 is 0 Å². The maximum atomic E-state index is 13.4. The summed E-state index contributed by atoms with van der Waals surface area (Å²) in [5, 5.41) is 23.0. The first-order valence-corrected chi connectivity index (χ1v) is 11.6. The van der Waals surface area contributed by atoms with E-state index in [0.29, 0.717) is 19.4 Å². The van der Waals surface area contributed by atoms with Gasteiger partial charge in [0.05, 0.1) is 31.8 Å². The van der Waals surface area contributed by atoms with Crippen molar-refractivity contribution in [1.29, 1.82) is 0 Å². The number of hydrogen-bond acceptors (Lipinski definition) is 7. The molecule has 4 atom stereocenters. The summed E-state index contributed by atoms with van der Waals surface area (Å²) in [7, 11) is 1.30. The van der Waals surface area contributed by atoms with Gasteiger partial charge in [-0.2, -0.15) is 0 Å². The number of benzene rings is 1. The van der Waals surface area contributed by atoms with E-state index in [9.17, 15) is 24.6 Å². The SMILES string of the molecule is COC(=O)NC1Cc2ccccc2N(C(=O)CC(C)(C)C[C@H](N)[C@@H](O)CN2C[C@H](O)CC2=O)C1. The molecule has 1 aromatic carbocycles. The number of rotatable bonds is 8. The Morgan fingerprint density at radius 1 is 1.26 bits per heavy atom. The average molecular weight is 477 g/mol. The van der Waals surface area contributed by atoms with Crippen LogP contribution in [0.3, 0.4) is 0 Å². The van der Waals surface area contributed by atoms with Crippen LogP contribution in [0.25, 0.3) is 0 Å². The van der Waals surface area contributed by atoms with E-state index in [1.165, 1.54) is 12.0 Å². The minimum absolute atomic E-state index is 0.0570. The van der Waals surface area contributed by atoms with Crippen molar-refractivity contribution in [2.24, 2.45) is 11.1 Å². The lowest BCUT2D eigenvalue weighted by Crippen LogP contribution is -2.51. The topological polar surface area (TPSA) is 145 Å². The van der Waals surface area contributed by atoms with Crippen molar-refractivity contribution in [3.05, 3.63) is 29.8 Å². The molecule has 5 N–H and O–H groups in total. The van der Waals surface area contributed by atoms with Crippen molar-refractivity contribution in [1.82, 2.24) is 10.2 Å². The van der Waals surface area contributed by atoms with E-state index in [-0.39, 0.29) is 43.8 Å². The second-order valence-corrected chi connectivity index (χ2v) is 10.1. The van der Waals surface area contributed by atoms with Crippen LogP contribution in [0.4, 0.5) is 10.5 Å². The molecule has 0 spiro atoms. The summed E-state index contributed by atoms with van der Waals surface area (Å²) in [6.07, 6.45) is -1.01. The number of amides is 3. The Hall–Kier alpha value is -2.69. The molecule has 0 aromatic heterocycles. The summed E-state index contributed by atoms with van der Waals surface area (Å²) < 4.78 is 4.71. The van der Waals surface area contributed by atoms with Crippen molar-refractivity contribution in [2.75, 3.05) is 31.6 Å². The van der Waals surface area contributed by atoms with Gasteiger partial charge in [0.1, 0.15) is 0 Å². The number of carbonyl (C=O) groups is 3. The summed E-state index contributed by atoms with van der Waals surface area (Å²) in [4.78, 5) is 40.1. The molecule has 1 aromatic rings. The molecule has 1 saturated heterocycles. The molecule has 34 heavy (non-hydrogen) atoms. The number of carbonyl (C=O) groups excluding carboxylic acids is 3. The number of nitrogens with one attached hydrogen (secondary N) is 1. The highest BCUT2D eigenvalue weighted by Crippen LogP contribution is 2.33. The fraction of sp³-hybridized carbons (Fsp3) is 0.625. The Morgan fingerprint density at radius 3 is 2.62 bits per heavy atom. The highest BCUT2D eigenvalue weighted by atomic mass is 16.5. The largest absolute Gasteiger partial charge is 0.453 e. The Morgan fingerprint density at radius 2 is 1.97 bits per heavy atom.